The van der Waals surface area contributed by atoms with E-state index in [-0.39, 0.29) is 14.9 Å². The van der Waals surface area contributed by atoms with Crippen molar-refractivity contribution >= 4 is 45.1 Å². The standard InChI is InChI=1S/C14H18Cl2N2O6S/c1-8(19)13(14(21)24-7-12(20)18(2)3)17-25(22,23)9-4-5-10(15)11(16)6-9/h4-6,8,13,17,19H,7H2,1-3H3/t8-,13-/m0/s1. The summed E-state index contributed by atoms with van der Waals surface area (Å²) in [5, 5.41) is 9.87. The third-order valence-corrected chi connectivity index (χ3v) is 5.23. The number of nitrogens with one attached hydrogen (secondary N) is 1. The molecule has 0 spiro atoms. The fourth-order valence-corrected chi connectivity index (χ4v) is 3.22. The van der Waals surface area contributed by atoms with Crippen LogP contribution >= 0.6 is 23.2 Å². The van der Waals surface area contributed by atoms with Crippen molar-refractivity contribution in [1.29, 1.82) is 0 Å². The number of esters is 1. The van der Waals surface area contributed by atoms with Crippen LogP contribution in [0.5, 0.6) is 0 Å². The van der Waals surface area contributed by atoms with Gasteiger partial charge in [-0.25, -0.2) is 8.42 Å². The Bertz CT molecular complexity index is 752. The van der Waals surface area contributed by atoms with Gasteiger partial charge in [0, 0.05) is 14.1 Å². The molecule has 0 aliphatic rings. The van der Waals surface area contributed by atoms with Crippen molar-refractivity contribution < 1.29 is 27.9 Å². The van der Waals surface area contributed by atoms with Crippen molar-refractivity contribution in [3.63, 3.8) is 0 Å². The number of ether oxygens (including phenoxy) is 1. The molecule has 1 aromatic rings. The van der Waals surface area contributed by atoms with Gasteiger partial charge in [0.05, 0.1) is 21.0 Å². The second-order valence-electron chi connectivity index (χ2n) is 5.31. The van der Waals surface area contributed by atoms with E-state index in [0.29, 0.717) is 0 Å². The van der Waals surface area contributed by atoms with Crippen LogP contribution in [0.4, 0.5) is 0 Å². The monoisotopic (exact) mass is 412 g/mol. The lowest BCUT2D eigenvalue weighted by Crippen LogP contribution is -2.49. The molecule has 0 aromatic heterocycles. The van der Waals surface area contributed by atoms with E-state index in [9.17, 15) is 23.1 Å². The largest absolute Gasteiger partial charge is 0.454 e. The number of halogens is 2. The fourth-order valence-electron chi connectivity index (χ4n) is 1.57. The molecule has 0 saturated heterocycles. The molecular formula is C14H18Cl2N2O6S. The molecule has 0 unspecified atom stereocenters. The summed E-state index contributed by atoms with van der Waals surface area (Å²) in [5.74, 6) is -1.58. The van der Waals surface area contributed by atoms with Gasteiger partial charge in [-0.15, -0.1) is 0 Å². The molecular weight excluding hydrogens is 395 g/mol. The Kier molecular flexibility index (Phi) is 7.63. The maximum absolute atomic E-state index is 12.4. The highest BCUT2D eigenvalue weighted by molar-refractivity contribution is 7.89. The van der Waals surface area contributed by atoms with E-state index in [1.54, 1.807) is 0 Å². The summed E-state index contributed by atoms with van der Waals surface area (Å²) in [7, 11) is -1.26. The zero-order chi connectivity index (χ0) is 19.4. The van der Waals surface area contributed by atoms with Gasteiger partial charge < -0.3 is 14.7 Å². The third kappa shape index (κ3) is 6.12. The zero-order valence-electron chi connectivity index (χ0n) is 13.7. The number of hydrogen-bond acceptors (Lipinski definition) is 6. The average Bonchev–Trinajstić information content (AvgIpc) is 2.52. The number of hydrogen-bond donors (Lipinski definition) is 2. The minimum Gasteiger partial charge on any atom is -0.454 e. The van der Waals surface area contributed by atoms with E-state index in [0.717, 1.165) is 6.07 Å². The summed E-state index contributed by atoms with van der Waals surface area (Å²) >= 11 is 11.5. The molecule has 25 heavy (non-hydrogen) atoms. The molecule has 0 aliphatic heterocycles. The summed E-state index contributed by atoms with van der Waals surface area (Å²) in [6.07, 6.45) is -1.40. The maximum Gasteiger partial charge on any atom is 0.327 e. The van der Waals surface area contributed by atoms with Crippen LogP contribution in [0.1, 0.15) is 6.92 Å². The lowest BCUT2D eigenvalue weighted by molar-refractivity contribution is -0.154. The number of carbonyl (C=O) groups is 2. The number of aliphatic hydroxyl groups excluding tert-OH is 1. The molecule has 0 radical (unpaired) electrons. The van der Waals surface area contributed by atoms with Gasteiger partial charge in [-0.05, 0) is 25.1 Å². The molecule has 0 aliphatic carbocycles. The summed E-state index contributed by atoms with van der Waals surface area (Å²) in [6, 6.07) is 1.97. The Balaban J connectivity index is 2.94. The molecule has 0 fully saturated rings. The number of likely N-dealkylation sites (N-methyl/N-ethyl adjacent to an activating group) is 1. The second-order valence-corrected chi connectivity index (χ2v) is 7.84. The van der Waals surface area contributed by atoms with Crippen LogP contribution in [0.3, 0.4) is 0 Å². The van der Waals surface area contributed by atoms with Crippen molar-refractivity contribution in [3.8, 4) is 0 Å². The summed E-state index contributed by atoms with van der Waals surface area (Å²) in [5.41, 5.74) is 0. The van der Waals surface area contributed by atoms with Crippen LogP contribution in [0, 0.1) is 0 Å². The van der Waals surface area contributed by atoms with E-state index < -0.39 is 40.7 Å². The second kappa shape index (κ2) is 8.81. The molecule has 1 rings (SSSR count). The van der Waals surface area contributed by atoms with Gasteiger partial charge in [-0.3, -0.25) is 9.59 Å². The molecule has 2 N–H and O–H groups in total. The topological polar surface area (TPSA) is 113 Å². The first-order valence-electron chi connectivity index (χ1n) is 6.98. The van der Waals surface area contributed by atoms with Crippen LogP contribution < -0.4 is 4.72 Å². The van der Waals surface area contributed by atoms with E-state index in [1.165, 1.54) is 38.1 Å². The van der Waals surface area contributed by atoms with Crippen LogP contribution in [0.2, 0.25) is 10.0 Å². The molecule has 1 amide bonds. The zero-order valence-corrected chi connectivity index (χ0v) is 16.0. The first kappa shape index (κ1) is 21.7. The van der Waals surface area contributed by atoms with Crippen molar-refractivity contribution in [1.82, 2.24) is 9.62 Å². The van der Waals surface area contributed by atoms with Gasteiger partial charge in [0.25, 0.3) is 5.91 Å². The first-order valence-corrected chi connectivity index (χ1v) is 9.22. The summed E-state index contributed by atoms with van der Waals surface area (Å²) in [4.78, 5) is 24.4. The minimum atomic E-state index is -4.19. The van der Waals surface area contributed by atoms with Crippen molar-refractivity contribution in [2.75, 3.05) is 20.7 Å². The Morgan fingerprint density at radius 2 is 1.88 bits per heavy atom. The molecule has 2 atom stereocenters. The molecule has 1 aromatic carbocycles. The number of nitrogens with zero attached hydrogens (tertiary/aromatic N) is 1. The number of aliphatic hydroxyl groups is 1. The van der Waals surface area contributed by atoms with Gasteiger partial charge in [-0.1, -0.05) is 23.2 Å². The molecule has 140 valence electrons. The van der Waals surface area contributed by atoms with Crippen LogP contribution in [-0.2, 0) is 24.3 Å². The lowest BCUT2D eigenvalue weighted by Gasteiger charge is -2.20. The predicted octanol–water partition coefficient (Wildman–Crippen LogP) is 0.652. The lowest BCUT2D eigenvalue weighted by atomic mass is 10.2. The number of sulfonamides is 1. The number of carbonyl (C=O) groups excluding carboxylic acids is 2. The van der Waals surface area contributed by atoms with Gasteiger partial charge in [-0.2, -0.15) is 4.72 Å². The molecule has 8 nitrogen and oxygen atoms in total. The van der Waals surface area contributed by atoms with Gasteiger partial charge in [0.15, 0.2) is 6.61 Å². The van der Waals surface area contributed by atoms with Crippen molar-refractivity contribution in [2.45, 2.75) is 24.0 Å². The SMILES string of the molecule is C[C@H](O)[C@H](NS(=O)(=O)c1ccc(Cl)c(Cl)c1)C(=O)OCC(=O)N(C)C. The Morgan fingerprint density at radius 3 is 2.36 bits per heavy atom. The average molecular weight is 413 g/mol. The Hall–Kier alpha value is -1.39. The number of rotatable bonds is 7. The summed E-state index contributed by atoms with van der Waals surface area (Å²) in [6.45, 7) is 0.626. The molecule has 0 saturated carbocycles. The van der Waals surface area contributed by atoms with Gasteiger partial charge in [0.2, 0.25) is 10.0 Å². The number of amides is 1. The maximum atomic E-state index is 12.4. The molecule has 11 heteroatoms. The van der Waals surface area contributed by atoms with E-state index in [2.05, 4.69) is 0 Å². The van der Waals surface area contributed by atoms with E-state index in [1.807, 2.05) is 4.72 Å². The normalized spacial score (nSPS) is 13.8. The Labute approximate surface area is 155 Å². The van der Waals surface area contributed by atoms with Crippen LogP contribution in [-0.4, -0.2) is 63.1 Å². The Morgan fingerprint density at radius 1 is 1.28 bits per heavy atom. The highest BCUT2D eigenvalue weighted by Crippen LogP contribution is 2.25. The van der Waals surface area contributed by atoms with Crippen molar-refractivity contribution in [2.24, 2.45) is 0 Å². The highest BCUT2D eigenvalue weighted by Gasteiger charge is 2.31. The number of benzene rings is 1. The van der Waals surface area contributed by atoms with Crippen LogP contribution in [0.25, 0.3) is 0 Å². The third-order valence-electron chi connectivity index (χ3n) is 3.06. The van der Waals surface area contributed by atoms with E-state index in [4.69, 9.17) is 27.9 Å². The van der Waals surface area contributed by atoms with Crippen molar-refractivity contribution in [3.05, 3.63) is 28.2 Å². The smallest absolute Gasteiger partial charge is 0.327 e. The molecule has 0 heterocycles. The summed E-state index contributed by atoms with van der Waals surface area (Å²) < 4.78 is 31.5. The van der Waals surface area contributed by atoms with Crippen LogP contribution in [0.15, 0.2) is 23.1 Å². The van der Waals surface area contributed by atoms with Gasteiger partial charge >= 0.3 is 5.97 Å². The highest BCUT2D eigenvalue weighted by atomic mass is 35.5. The minimum absolute atomic E-state index is 0.0114. The molecule has 0 bridgehead atoms. The predicted molar refractivity (Wildman–Crippen MR) is 91.9 cm³/mol. The van der Waals surface area contributed by atoms with E-state index >= 15 is 0 Å². The fraction of sp³-hybridized carbons (Fsp3) is 0.429. The quantitative estimate of drug-likeness (QED) is 0.635. The first-order chi connectivity index (χ1) is 11.5. The van der Waals surface area contributed by atoms with Gasteiger partial charge in [0.1, 0.15) is 6.04 Å².